The monoisotopic (exact) mass is 347 g/mol. The van der Waals surface area contributed by atoms with Gasteiger partial charge in [-0.05, 0) is 30.2 Å². The molecular formula is C17H18ClN3O3. The van der Waals surface area contributed by atoms with Crippen LogP contribution in [0.1, 0.15) is 24.1 Å². The van der Waals surface area contributed by atoms with Crippen LogP contribution in [0.25, 0.3) is 0 Å². The van der Waals surface area contributed by atoms with Crippen LogP contribution in [-0.4, -0.2) is 22.9 Å². The van der Waals surface area contributed by atoms with Gasteiger partial charge < -0.3 is 10.2 Å². The van der Waals surface area contributed by atoms with E-state index in [0.29, 0.717) is 17.1 Å². The Balaban J connectivity index is 1.98. The zero-order valence-corrected chi connectivity index (χ0v) is 14.2. The molecule has 0 saturated heterocycles. The number of benzene rings is 2. The Labute approximate surface area is 145 Å². The average Bonchev–Trinajstić information content (AvgIpc) is 2.56. The summed E-state index contributed by atoms with van der Waals surface area (Å²) in [5, 5.41) is 14.3. The van der Waals surface area contributed by atoms with E-state index in [9.17, 15) is 14.9 Å². The highest BCUT2D eigenvalue weighted by molar-refractivity contribution is 6.30. The third-order valence-corrected chi connectivity index (χ3v) is 3.85. The Hall–Kier alpha value is -2.60. The van der Waals surface area contributed by atoms with Crippen molar-refractivity contribution < 1.29 is 9.72 Å². The molecule has 2 aromatic carbocycles. The van der Waals surface area contributed by atoms with Gasteiger partial charge in [-0.15, -0.1) is 0 Å². The number of carbonyl (C=O) groups is 1. The molecule has 0 fully saturated rings. The summed E-state index contributed by atoms with van der Waals surface area (Å²) in [6.45, 7) is 2.22. The lowest BCUT2D eigenvalue weighted by atomic mass is 10.1. The molecule has 7 heteroatoms. The molecule has 6 nitrogen and oxygen atoms in total. The fraction of sp³-hybridized carbons (Fsp3) is 0.235. The second-order valence-electron chi connectivity index (χ2n) is 5.51. The number of nitro benzene ring substituents is 1. The molecule has 0 radical (unpaired) electrons. The molecule has 0 aliphatic carbocycles. The first kappa shape index (κ1) is 17.7. The maximum absolute atomic E-state index is 12.3. The molecule has 0 heterocycles. The van der Waals surface area contributed by atoms with Crippen LogP contribution in [0.15, 0.2) is 48.5 Å². The number of amides is 2. The minimum Gasteiger partial charge on any atom is -0.331 e. The van der Waals surface area contributed by atoms with E-state index in [1.807, 2.05) is 12.1 Å². The van der Waals surface area contributed by atoms with E-state index in [1.165, 1.54) is 17.0 Å². The number of carbonyl (C=O) groups excluding carboxylic acids is 1. The summed E-state index contributed by atoms with van der Waals surface area (Å²) >= 11 is 5.84. The lowest BCUT2D eigenvalue weighted by Gasteiger charge is -2.21. The van der Waals surface area contributed by atoms with E-state index >= 15 is 0 Å². The van der Waals surface area contributed by atoms with Gasteiger partial charge in [0.1, 0.15) is 0 Å². The van der Waals surface area contributed by atoms with Crippen molar-refractivity contribution in [1.29, 1.82) is 0 Å². The first-order valence-electron chi connectivity index (χ1n) is 7.37. The van der Waals surface area contributed by atoms with Crippen molar-refractivity contribution in [2.24, 2.45) is 0 Å². The first-order chi connectivity index (χ1) is 11.4. The number of nitro groups is 1. The molecule has 2 amide bonds. The highest BCUT2D eigenvalue weighted by Gasteiger charge is 2.15. The van der Waals surface area contributed by atoms with Crippen molar-refractivity contribution in [2.75, 3.05) is 7.05 Å². The number of halogens is 1. The second kappa shape index (κ2) is 7.79. The molecule has 1 atom stereocenters. The van der Waals surface area contributed by atoms with E-state index in [2.05, 4.69) is 5.32 Å². The molecule has 2 aromatic rings. The lowest BCUT2D eigenvalue weighted by Crippen LogP contribution is -2.38. The second-order valence-corrected chi connectivity index (χ2v) is 5.94. The molecule has 0 aliphatic rings. The molecule has 0 unspecified atom stereocenters. The summed E-state index contributed by atoms with van der Waals surface area (Å²) < 4.78 is 0. The van der Waals surface area contributed by atoms with Crippen molar-refractivity contribution in [3.8, 4) is 0 Å². The standard InChI is InChI=1S/C17H18ClN3O3/c1-12(14-4-3-5-16(10-14)21(23)24)19-17(22)20(2)11-13-6-8-15(18)9-7-13/h3-10,12H,11H2,1-2H3,(H,19,22)/t12-/m1/s1. The maximum atomic E-state index is 12.3. The van der Waals surface area contributed by atoms with E-state index in [0.717, 1.165) is 5.56 Å². The smallest absolute Gasteiger partial charge is 0.317 e. The number of nitrogens with zero attached hydrogens (tertiary/aromatic N) is 2. The van der Waals surface area contributed by atoms with Crippen LogP contribution in [0.5, 0.6) is 0 Å². The lowest BCUT2D eigenvalue weighted by molar-refractivity contribution is -0.384. The molecular weight excluding hydrogens is 330 g/mol. The van der Waals surface area contributed by atoms with Gasteiger partial charge in [-0.1, -0.05) is 35.9 Å². The zero-order valence-electron chi connectivity index (χ0n) is 13.4. The molecule has 0 aromatic heterocycles. The van der Waals surface area contributed by atoms with Gasteiger partial charge in [0.05, 0.1) is 11.0 Å². The topological polar surface area (TPSA) is 75.5 Å². The zero-order chi connectivity index (χ0) is 17.7. The number of urea groups is 1. The Morgan fingerprint density at radius 3 is 2.58 bits per heavy atom. The molecule has 24 heavy (non-hydrogen) atoms. The fourth-order valence-electron chi connectivity index (χ4n) is 2.22. The third-order valence-electron chi connectivity index (χ3n) is 3.60. The van der Waals surface area contributed by atoms with E-state index in [-0.39, 0.29) is 17.8 Å². The number of rotatable bonds is 5. The number of hydrogen-bond acceptors (Lipinski definition) is 3. The summed E-state index contributed by atoms with van der Waals surface area (Å²) in [6.07, 6.45) is 0. The maximum Gasteiger partial charge on any atom is 0.317 e. The third kappa shape index (κ3) is 4.70. The number of hydrogen-bond donors (Lipinski definition) is 1. The van der Waals surface area contributed by atoms with E-state index in [4.69, 9.17) is 11.6 Å². The highest BCUT2D eigenvalue weighted by Crippen LogP contribution is 2.19. The minimum atomic E-state index is -0.454. The van der Waals surface area contributed by atoms with Crippen molar-refractivity contribution in [3.63, 3.8) is 0 Å². The average molecular weight is 348 g/mol. The Morgan fingerprint density at radius 2 is 1.96 bits per heavy atom. The normalized spacial score (nSPS) is 11.6. The molecule has 0 bridgehead atoms. The van der Waals surface area contributed by atoms with Crippen molar-refractivity contribution in [2.45, 2.75) is 19.5 Å². The van der Waals surface area contributed by atoms with Gasteiger partial charge in [0.15, 0.2) is 0 Å². The van der Waals surface area contributed by atoms with Crippen LogP contribution < -0.4 is 5.32 Å². The van der Waals surface area contributed by atoms with Crippen LogP contribution in [0.2, 0.25) is 5.02 Å². The quantitative estimate of drug-likeness (QED) is 0.652. The summed E-state index contributed by atoms with van der Waals surface area (Å²) in [7, 11) is 1.68. The van der Waals surface area contributed by atoms with Crippen LogP contribution in [-0.2, 0) is 6.54 Å². The molecule has 2 rings (SSSR count). The van der Waals surface area contributed by atoms with Gasteiger partial charge in [0, 0.05) is 30.7 Å². The van der Waals surface area contributed by atoms with Gasteiger partial charge in [0.2, 0.25) is 0 Å². The highest BCUT2D eigenvalue weighted by atomic mass is 35.5. The number of non-ortho nitro benzene ring substituents is 1. The summed E-state index contributed by atoms with van der Waals surface area (Å²) in [5.74, 6) is 0. The predicted molar refractivity (Wildman–Crippen MR) is 93.0 cm³/mol. The van der Waals surface area contributed by atoms with E-state index < -0.39 is 4.92 Å². The van der Waals surface area contributed by atoms with Crippen LogP contribution in [0.4, 0.5) is 10.5 Å². The largest absolute Gasteiger partial charge is 0.331 e. The molecule has 0 saturated carbocycles. The van der Waals surface area contributed by atoms with Gasteiger partial charge >= 0.3 is 6.03 Å². The minimum absolute atomic E-state index is 0.00289. The summed E-state index contributed by atoms with van der Waals surface area (Å²) in [5.41, 5.74) is 1.64. The van der Waals surface area contributed by atoms with Crippen molar-refractivity contribution >= 4 is 23.3 Å². The molecule has 1 N–H and O–H groups in total. The Bertz CT molecular complexity index is 734. The fourth-order valence-corrected chi connectivity index (χ4v) is 2.35. The van der Waals surface area contributed by atoms with Gasteiger partial charge in [-0.3, -0.25) is 10.1 Å². The summed E-state index contributed by atoms with van der Waals surface area (Å²) in [6, 6.07) is 12.9. The SMILES string of the molecule is C[C@@H](NC(=O)N(C)Cc1ccc(Cl)cc1)c1cccc([N+](=O)[O-])c1. The molecule has 0 aliphatic heterocycles. The Morgan fingerprint density at radius 1 is 1.29 bits per heavy atom. The van der Waals surface area contributed by atoms with Crippen LogP contribution in [0, 0.1) is 10.1 Å². The van der Waals surface area contributed by atoms with Gasteiger partial charge in [0.25, 0.3) is 5.69 Å². The Kier molecular flexibility index (Phi) is 5.76. The van der Waals surface area contributed by atoms with Crippen molar-refractivity contribution in [1.82, 2.24) is 10.2 Å². The summed E-state index contributed by atoms with van der Waals surface area (Å²) in [4.78, 5) is 24.2. The first-order valence-corrected chi connectivity index (χ1v) is 7.75. The molecule has 126 valence electrons. The molecule has 0 spiro atoms. The predicted octanol–water partition coefficient (Wildman–Crippen LogP) is 4.15. The van der Waals surface area contributed by atoms with Gasteiger partial charge in [-0.25, -0.2) is 4.79 Å². The van der Waals surface area contributed by atoms with Crippen LogP contribution in [0.3, 0.4) is 0 Å². The van der Waals surface area contributed by atoms with Gasteiger partial charge in [-0.2, -0.15) is 0 Å². The number of nitrogens with one attached hydrogen (secondary N) is 1. The van der Waals surface area contributed by atoms with Crippen molar-refractivity contribution in [3.05, 3.63) is 74.8 Å². The van der Waals surface area contributed by atoms with Crippen LogP contribution >= 0.6 is 11.6 Å². The van der Waals surface area contributed by atoms with E-state index in [1.54, 1.807) is 38.2 Å².